The van der Waals surface area contributed by atoms with E-state index in [-0.39, 0.29) is 24.9 Å². The van der Waals surface area contributed by atoms with E-state index in [1.54, 1.807) is 17.6 Å². The van der Waals surface area contributed by atoms with Crippen LogP contribution in [0.4, 0.5) is 5.13 Å². The number of hydrogen-bond acceptors (Lipinski definition) is 7. The van der Waals surface area contributed by atoms with Gasteiger partial charge in [-0.2, -0.15) is 0 Å². The number of aromatic nitrogens is 2. The van der Waals surface area contributed by atoms with Crippen LogP contribution in [0.5, 0.6) is 0 Å². The SMILES string of the molecule is COCC(N)C(=O)Nc1nc(-c2c[nH]c(C(=O)OC)c2)cs1.Cl. The average Bonchev–Trinajstić information content (AvgIpc) is 3.15. The van der Waals surface area contributed by atoms with Gasteiger partial charge >= 0.3 is 5.97 Å². The Balaban J connectivity index is 0.00000264. The van der Waals surface area contributed by atoms with E-state index in [4.69, 9.17) is 10.5 Å². The number of esters is 1. The number of methoxy groups -OCH3 is 2. The minimum Gasteiger partial charge on any atom is -0.464 e. The Kier molecular flexibility index (Phi) is 7.17. The summed E-state index contributed by atoms with van der Waals surface area (Å²) in [5.41, 5.74) is 7.31. The Morgan fingerprint density at radius 2 is 2.22 bits per heavy atom. The topological polar surface area (TPSA) is 119 Å². The Labute approximate surface area is 142 Å². The van der Waals surface area contributed by atoms with E-state index in [9.17, 15) is 9.59 Å². The molecule has 2 aromatic heterocycles. The molecule has 0 saturated heterocycles. The summed E-state index contributed by atoms with van der Waals surface area (Å²) in [6.07, 6.45) is 1.64. The normalized spacial score (nSPS) is 11.4. The van der Waals surface area contributed by atoms with Gasteiger partial charge in [0.2, 0.25) is 5.91 Å². The van der Waals surface area contributed by atoms with Crippen LogP contribution in [0.25, 0.3) is 11.3 Å². The first-order chi connectivity index (χ1) is 10.5. The molecule has 1 amide bonds. The van der Waals surface area contributed by atoms with Crippen LogP contribution < -0.4 is 11.1 Å². The molecule has 126 valence electrons. The van der Waals surface area contributed by atoms with Crippen LogP contribution >= 0.6 is 23.7 Å². The molecule has 8 nitrogen and oxygen atoms in total. The van der Waals surface area contributed by atoms with Crippen molar-refractivity contribution in [2.45, 2.75) is 6.04 Å². The second kappa shape index (κ2) is 8.63. The number of halogens is 1. The number of nitrogens with two attached hydrogens (primary N) is 1. The molecule has 1 unspecified atom stereocenters. The first-order valence-corrected chi connectivity index (χ1v) is 7.21. The predicted molar refractivity (Wildman–Crippen MR) is 89.0 cm³/mol. The van der Waals surface area contributed by atoms with Gasteiger partial charge in [0.15, 0.2) is 5.13 Å². The van der Waals surface area contributed by atoms with Crippen LogP contribution in [-0.4, -0.2) is 48.7 Å². The number of nitrogens with zero attached hydrogens (tertiary/aromatic N) is 1. The summed E-state index contributed by atoms with van der Waals surface area (Å²) in [6.45, 7) is 0.129. The van der Waals surface area contributed by atoms with E-state index in [1.165, 1.54) is 25.6 Å². The maximum Gasteiger partial charge on any atom is 0.354 e. The lowest BCUT2D eigenvalue weighted by Gasteiger charge is -2.08. The molecule has 4 N–H and O–H groups in total. The summed E-state index contributed by atoms with van der Waals surface area (Å²) < 4.78 is 9.44. The van der Waals surface area contributed by atoms with E-state index in [0.717, 1.165) is 5.56 Å². The molecule has 2 aromatic rings. The van der Waals surface area contributed by atoms with E-state index in [0.29, 0.717) is 16.5 Å². The van der Waals surface area contributed by atoms with E-state index in [1.807, 2.05) is 0 Å². The molecule has 1 atom stereocenters. The summed E-state index contributed by atoms with van der Waals surface area (Å²) in [5.74, 6) is -0.826. The number of ether oxygens (including phenoxy) is 2. The van der Waals surface area contributed by atoms with Crippen molar-refractivity contribution in [2.75, 3.05) is 26.1 Å². The van der Waals surface area contributed by atoms with Crippen LogP contribution in [0.15, 0.2) is 17.6 Å². The molecular weight excluding hydrogens is 344 g/mol. The highest BCUT2D eigenvalue weighted by atomic mass is 35.5. The number of carbonyl (C=O) groups is 2. The number of anilines is 1. The number of rotatable bonds is 6. The fourth-order valence-electron chi connectivity index (χ4n) is 1.69. The van der Waals surface area contributed by atoms with Crippen molar-refractivity contribution >= 4 is 40.8 Å². The second-order valence-electron chi connectivity index (χ2n) is 4.38. The molecule has 23 heavy (non-hydrogen) atoms. The van der Waals surface area contributed by atoms with Crippen LogP contribution in [0.1, 0.15) is 10.5 Å². The average molecular weight is 361 g/mol. The number of thiazole rings is 1. The van der Waals surface area contributed by atoms with Crippen molar-refractivity contribution in [1.82, 2.24) is 9.97 Å². The van der Waals surface area contributed by atoms with Gasteiger partial charge in [0, 0.05) is 24.3 Å². The Morgan fingerprint density at radius 3 is 2.87 bits per heavy atom. The minimum absolute atomic E-state index is 0. The largest absolute Gasteiger partial charge is 0.464 e. The second-order valence-corrected chi connectivity index (χ2v) is 5.24. The number of amides is 1. The summed E-state index contributed by atoms with van der Waals surface area (Å²) in [5, 5.41) is 4.81. The maximum atomic E-state index is 11.8. The van der Waals surface area contributed by atoms with Gasteiger partial charge in [0.25, 0.3) is 0 Å². The minimum atomic E-state index is -0.754. The lowest BCUT2D eigenvalue weighted by molar-refractivity contribution is -0.118. The van der Waals surface area contributed by atoms with Crippen LogP contribution in [0, 0.1) is 0 Å². The van der Waals surface area contributed by atoms with Gasteiger partial charge in [-0.3, -0.25) is 4.79 Å². The number of hydrogen-bond donors (Lipinski definition) is 3. The molecule has 0 bridgehead atoms. The van der Waals surface area contributed by atoms with Gasteiger partial charge in [-0.15, -0.1) is 23.7 Å². The van der Waals surface area contributed by atoms with Gasteiger partial charge in [-0.1, -0.05) is 0 Å². The fourth-order valence-corrected chi connectivity index (χ4v) is 2.41. The third-order valence-electron chi connectivity index (χ3n) is 2.80. The number of carbonyl (C=O) groups excluding carboxylic acids is 2. The molecule has 0 fully saturated rings. The van der Waals surface area contributed by atoms with Gasteiger partial charge in [0.1, 0.15) is 11.7 Å². The number of aromatic amines is 1. The molecule has 0 aliphatic heterocycles. The predicted octanol–water partition coefficient (Wildman–Crippen LogP) is 1.26. The lowest BCUT2D eigenvalue weighted by Crippen LogP contribution is -2.39. The highest BCUT2D eigenvalue weighted by Gasteiger charge is 2.16. The van der Waals surface area contributed by atoms with Crippen LogP contribution in [-0.2, 0) is 14.3 Å². The van der Waals surface area contributed by atoms with Gasteiger partial charge in [-0.05, 0) is 6.07 Å². The van der Waals surface area contributed by atoms with Gasteiger partial charge in [0.05, 0.1) is 19.4 Å². The van der Waals surface area contributed by atoms with Crippen molar-refractivity contribution in [2.24, 2.45) is 5.73 Å². The molecular formula is C13H17ClN4O4S. The Morgan fingerprint density at radius 1 is 1.48 bits per heavy atom. The molecule has 0 radical (unpaired) electrons. The van der Waals surface area contributed by atoms with Gasteiger partial charge in [-0.25, -0.2) is 9.78 Å². The summed E-state index contributed by atoms with van der Waals surface area (Å²) in [4.78, 5) is 30.2. The van der Waals surface area contributed by atoms with Crippen molar-refractivity contribution in [3.05, 3.63) is 23.3 Å². The Bertz CT molecular complexity index is 672. The molecule has 0 aromatic carbocycles. The molecule has 0 saturated carbocycles. The third-order valence-corrected chi connectivity index (χ3v) is 3.56. The molecule has 0 aliphatic rings. The highest BCUT2D eigenvalue weighted by Crippen LogP contribution is 2.25. The first-order valence-electron chi connectivity index (χ1n) is 6.33. The summed E-state index contributed by atoms with van der Waals surface area (Å²) in [6, 6.07) is 0.874. The standard InChI is InChI=1S/C13H16N4O4S.ClH/c1-20-5-8(14)11(18)17-13-16-10(6-22-13)7-3-9(15-4-7)12(19)21-2;/h3-4,6,8,15H,5,14H2,1-2H3,(H,16,17,18);1H. The van der Waals surface area contributed by atoms with E-state index >= 15 is 0 Å². The zero-order valence-corrected chi connectivity index (χ0v) is 14.1. The zero-order valence-electron chi connectivity index (χ0n) is 12.5. The quantitative estimate of drug-likeness (QED) is 0.667. The molecule has 2 rings (SSSR count). The van der Waals surface area contributed by atoms with Crippen molar-refractivity contribution < 1.29 is 19.1 Å². The zero-order chi connectivity index (χ0) is 16.1. The van der Waals surface area contributed by atoms with Crippen LogP contribution in [0.3, 0.4) is 0 Å². The summed E-state index contributed by atoms with van der Waals surface area (Å²) in [7, 11) is 2.78. The Hall–Kier alpha value is -1.94. The number of nitrogens with one attached hydrogen (secondary N) is 2. The van der Waals surface area contributed by atoms with Crippen LogP contribution in [0.2, 0.25) is 0 Å². The molecule has 0 spiro atoms. The maximum absolute atomic E-state index is 11.8. The molecule has 0 aliphatic carbocycles. The van der Waals surface area contributed by atoms with Crippen molar-refractivity contribution in [1.29, 1.82) is 0 Å². The van der Waals surface area contributed by atoms with Crippen molar-refractivity contribution in [3.8, 4) is 11.3 Å². The lowest BCUT2D eigenvalue weighted by atomic mass is 10.2. The smallest absolute Gasteiger partial charge is 0.354 e. The molecule has 2 heterocycles. The molecule has 10 heteroatoms. The monoisotopic (exact) mass is 360 g/mol. The van der Waals surface area contributed by atoms with Gasteiger partial charge < -0.3 is 25.5 Å². The third kappa shape index (κ3) is 4.76. The fraction of sp³-hybridized carbons (Fsp3) is 0.308. The highest BCUT2D eigenvalue weighted by molar-refractivity contribution is 7.14. The summed E-state index contributed by atoms with van der Waals surface area (Å²) >= 11 is 1.26. The van der Waals surface area contributed by atoms with E-state index in [2.05, 4.69) is 20.0 Å². The first kappa shape index (κ1) is 19.1. The number of H-pyrrole nitrogens is 1. The van der Waals surface area contributed by atoms with Crippen molar-refractivity contribution in [3.63, 3.8) is 0 Å². The van der Waals surface area contributed by atoms with E-state index < -0.39 is 12.0 Å².